The SMILES string of the molecule is CNc1nc2ccccc2n1CCc1ccccc1. The zero-order valence-electron chi connectivity index (χ0n) is 11.0. The maximum absolute atomic E-state index is 4.60. The van der Waals surface area contributed by atoms with Crippen LogP contribution in [0.3, 0.4) is 0 Å². The highest BCUT2D eigenvalue weighted by Crippen LogP contribution is 2.19. The lowest BCUT2D eigenvalue weighted by Crippen LogP contribution is -2.05. The van der Waals surface area contributed by atoms with E-state index in [9.17, 15) is 0 Å². The highest BCUT2D eigenvalue weighted by Gasteiger charge is 2.08. The summed E-state index contributed by atoms with van der Waals surface area (Å²) in [5.41, 5.74) is 3.57. The Hall–Kier alpha value is -2.29. The molecule has 2 aromatic carbocycles. The first-order valence-corrected chi connectivity index (χ1v) is 6.55. The Kier molecular flexibility index (Phi) is 3.19. The van der Waals surface area contributed by atoms with E-state index in [0.29, 0.717) is 0 Å². The summed E-state index contributed by atoms with van der Waals surface area (Å²) in [6, 6.07) is 18.8. The fourth-order valence-electron chi connectivity index (χ4n) is 2.38. The molecule has 19 heavy (non-hydrogen) atoms. The smallest absolute Gasteiger partial charge is 0.203 e. The van der Waals surface area contributed by atoms with Gasteiger partial charge in [-0.15, -0.1) is 0 Å². The highest BCUT2D eigenvalue weighted by molar-refractivity contribution is 5.78. The van der Waals surface area contributed by atoms with Gasteiger partial charge in [-0.3, -0.25) is 0 Å². The first kappa shape index (κ1) is 11.8. The summed E-state index contributed by atoms with van der Waals surface area (Å²) in [6.45, 7) is 0.931. The largest absolute Gasteiger partial charge is 0.359 e. The summed E-state index contributed by atoms with van der Waals surface area (Å²) in [5.74, 6) is 0.928. The van der Waals surface area contributed by atoms with Crippen LogP contribution < -0.4 is 5.32 Å². The van der Waals surface area contributed by atoms with E-state index >= 15 is 0 Å². The van der Waals surface area contributed by atoms with Gasteiger partial charge in [-0.25, -0.2) is 4.98 Å². The van der Waals surface area contributed by atoms with Crippen molar-refractivity contribution < 1.29 is 0 Å². The van der Waals surface area contributed by atoms with Crippen molar-refractivity contribution in [2.45, 2.75) is 13.0 Å². The molecular formula is C16H17N3. The quantitative estimate of drug-likeness (QED) is 0.771. The number of hydrogen-bond donors (Lipinski definition) is 1. The van der Waals surface area contributed by atoms with Crippen molar-refractivity contribution in [2.75, 3.05) is 12.4 Å². The number of fused-ring (bicyclic) bond motifs is 1. The molecule has 0 aliphatic carbocycles. The molecule has 0 spiro atoms. The lowest BCUT2D eigenvalue weighted by atomic mass is 10.1. The van der Waals surface area contributed by atoms with Crippen LogP contribution >= 0.6 is 0 Å². The van der Waals surface area contributed by atoms with Crippen LogP contribution in [0, 0.1) is 0 Å². The van der Waals surface area contributed by atoms with Crippen LogP contribution in [-0.4, -0.2) is 16.6 Å². The summed E-state index contributed by atoms with van der Waals surface area (Å²) < 4.78 is 2.24. The number of benzene rings is 2. The second-order valence-corrected chi connectivity index (χ2v) is 4.56. The molecule has 0 amide bonds. The van der Waals surface area contributed by atoms with Crippen LogP contribution in [0.25, 0.3) is 11.0 Å². The monoisotopic (exact) mass is 251 g/mol. The van der Waals surface area contributed by atoms with E-state index in [2.05, 4.69) is 63.4 Å². The Balaban J connectivity index is 1.91. The number of rotatable bonds is 4. The summed E-state index contributed by atoms with van der Waals surface area (Å²) in [5, 5.41) is 3.17. The normalized spacial score (nSPS) is 10.8. The molecule has 96 valence electrons. The molecule has 1 heterocycles. The average Bonchev–Trinajstić information content (AvgIpc) is 2.84. The van der Waals surface area contributed by atoms with Gasteiger partial charge in [0.25, 0.3) is 0 Å². The number of nitrogens with one attached hydrogen (secondary N) is 1. The first-order chi connectivity index (χ1) is 9.38. The van der Waals surface area contributed by atoms with E-state index in [1.807, 2.05) is 13.1 Å². The predicted molar refractivity (Wildman–Crippen MR) is 79.4 cm³/mol. The maximum Gasteiger partial charge on any atom is 0.203 e. The fraction of sp³-hybridized carbons (Fsp3) is 0.188. The van der Waals surface area contributed by atoms with Crippen molar-refractivity contribution in [1.82, 2.24) is 9.55 Å². The lowest BCUT2D eigenvalue weighted by Gasteiger charge is -2.08. The van der Waals surface area contributed by atoms with Crippen LogP contribution in [0.5, 0.6) is 0 Å². The third kappa shape index (κ3) is 2.32. The second kappa shape index (κ2) is 5.14. The summed E-state index contributed by atoms with van der Waals surface area (Å²) in [6.07, 6.45) is 1.01. The van der Waals surface area contributed by atoms with Crippen molar-refractivity contribution in [2.24, 2.45) is 0 Å². The fourth-order valence-corrected chi connectivity index (χ4v) is 2.38. The molecule has 0 saturated carbocycles. The zero-order chi connectivity index (χ0) is 13.1. The molecule has 3 heteroatoms. The van der Waals surface area contributed by atoms with Gasteiger partial charge in [-0.2, -0.15) is 0 Å². The maximum atomic E-state index is 4.60. The van der Waals surface area contributed by atoms with E-state index in [1.165, 1.54) is 11.1 Å². The number of aryl methyl sites for hydroxylation is 2. The standard InChI is InChI=1S/C16H17N3/c1-17-16-18-14-9-5-6-10-15(14)19(16)12-11-13-7-3-2-4-8-13/h2-10H,11-12H2,1H3,(H,17,18). The number of anilines is 1. The third-order valence-corrected chi connectivity index (χ3v) is 3.35. The minimum Gasteiger partial charge on any atom is -0.359 e. The molecule has 0 aliphatic heterocycles. The molecule has 1 N–H and O–H groups in total. The first-order valence-electron chi connectivity index (χ1n) is 6.55. The van der Waals surface area contributed by atoms with Gasteiger partial charge < -0.3 is 9.88 Å². The number of hydrogen-bond acceptors (Lipinski definition) is 2. The summed E-state index contributed by atoms with van der Waals surface area (Å²) in [4.78, 5) is 4.60. The van der Waals surface area contributed by atoms with Crippen LogP contribution in [0.15, 0.2) is 54.6 Å². The third-order valence-electron chi connectivity index (χ3n) is 3.35. The Morgan fingerprint density at radius 3 is 2.53 bits per heavy atom. The van der Waals surface area contributed by atoms with Gasteiger partial charge in [0.15, 0.2) is 0 Å². The van der Waals surface area contributed by atoms with Gasteiger partial charge in [0, 0.05) is 13.6 Å². The molecule has 0 unspecified atom stereocenters. The topological polar surface area (TPSA) is 29.9 Å². The van der Waals surface area contributed by atoms with Crippen LogP contribution in [0.2, 0.25) is 0 Å². The molecular weight excluding hydrogens is 234 g/mol. The van der Waals surface area contributed by atoms with Gasteiger partial charge in [0.05, 0.1) is 11.0 Å². The minimum absolute atomic E-state index is 0.928. The van der Waals surface area contributed by atoms with Crippen molar-refractivity contribution in [3.63, 3.8) is 0 Å². The van der Waals surface area contributed by atoms with E-state index in [-0.39, 0.29) is 0 Å². The van der Waals surface area contributed by atoms with Crippen LogP contribution in [0.4, 0.5) is 5.95 Å². The Labute approximate surface area is 112 Å². The molecule has 0 atom stereocenters. The molecule has 0 aliphatic rings. The Bertz CT molecular complexity index is 671. The van der Waals surface area contributed by atoms with Gasteiger partial charge in [0.1, 0.15) is 0 Å². The zero-order valence-corrected chi connectivity index (χ0v) is 11.0. The number of aromatic nitrogens is 2. The van der Waals surface area contributed by atoms with Crippen molar-refractivity contribution in [3.05, 3.63) is 60.2 Å². The summed E-state index contributed by atoms with van der Waals surface area (Å²) in [7, 11) is 1.92. The van der Waals surface area contributed by atoms with E-state index in [1.54, 1.807) is 0 Å². The summed E-state index contributed by atoms with van der Waals surface area (Å²) >= 11 is 0. The molecule has 3 nitrogen and oxygen atoms in total. The number of nitrogens with zero attached hydrogens (tertiary/aromatic N) is 2. The van der Waals surface area contributed by atoms with Crippen molar-refractivity contribution >= 4 is 17.0 Å². The van der Waals surface area contributed by atoms with Gasteiger partial charge in [-0.1, -0.05) is 42.5 Å². The Morgan fingerprint density at radius 2 is 1.74 bits per heavy atom. The molecule has 3 aromatic rings. The molecule has 0 radical (unpaired) electrons. The van der Waals surface area contributed by atoms with Crippen molar-refractivity contribution in [3.8, 4) is 0 Å². The Morgan fingerprint density at radius 1 is 1.00 bits per heavy atom. The number of para-hydroxylation sites is 2. The highest BCUT2D eigenvalue weighted by atomic mass is 15.2. The second-order valence-electron chi connectivity index (χ2n) is 4.56. The van der Waals surface area contributed by atoms with Gasteiger partial charge >= 0.3 is 0 Å². The molecule has 0 bridgehead atoms. The van der Waals surface area contributed by atoms with Gasteiger partial charge in [-0.05, 0) is 24.1 Å². The van der Waals surface area contributed by atoms with Crippen LogP contribution in [-0.2, 0) is 13.0 Å². The lowest BCUT2D eigenvalue weighted by molar-refractivity contribution is 0.723. The molecule has 3 rings (SSSR count). The van der Waals surface area contributed by atoms with E-state index < -0.39 is 0 Å². The van der Waals surface area contributed by atoms with E-state index in [4.69, 9.17) is 0 Å². The van der Waals surface area contributed by atoms with E-state index in [0.717, 1.165) is 24.4 Å². The predicted octanol–water partition coefficient (Wildman–Crippen LogP) is 3.32. The molecule has 0 saturated heterocycles. The van der Waals surface area contributed by atoms with Gasteiger partial charge in [0.2, 0.25) is 5.95 Å². The van der Waals surface area contributed by atoms with Crippen LogP contribution in [0.1, 0.15) is 5.56 Å². The molecule has 1 aromatic heterocycles. The average molecular weight is 251 g/mol. The van der Waals surface area contributed by atoms with Crippen molar-refractivity contribution in [1.29, 1.82) is 0 Å². The molecule has 0 fully saturated rings. The number of imidazole rings is 1. The minimum atomic E-state index is 0.928.